The minimum absolute atomic E-state index is 0.104. The number of hydrogen-bond donors (Lipinski definition) is 1. The third-order valence-corrected chi connectivity index (χ3v) is 4.09. The van der Waals surface area contributed by atoms with Gasteiger partial charge in [0.1, 0.15) is 11.8 Å². The van der Waals surface area contributed by atoms with Crippen molar-refractivity contribution < 1.29 is 19.1 Å². The van der Waals surface area contributed by atoms with E-state index >= 15 is 0 Å². The molecular weight excluding hydrogens is 308 g/mol. The maximum atomic E-state index is 12.4. The van der Waals surface area contributed by atoms with Crippen molar-refractivity contribution in [2.24, 2.45) is 0 Å². The highest BCUT2D eigenvalue weighted by molar-refractivity contribution is 6.05. The predicted molar refractivity (Wildman–Crippen MR) is 91.4 cm³/mol. The van der Waals surface area contributed by atoms with E-state index in [-0.39, 0.29) is 24.2 Å². The molecule has 0 radical (unpaired) electrons. The summed E-state index contributed by atoms with van der Waals surface area (Å²) in [6.07, 6.45) is 3.04. The molecule has 1 aromatic rings. The molecule has 6 nitrogen and oxygen atoms in total. The molecule has 1 N–H and O–H groups in total. The van der Waals surface area contributed by atoms with E-state index in [1.54, 1.807) is 25.1 Å². The lowest BCUT2D eigenvalue weighted by Crippen LogP contribution is -2.51. The van der Waals surface area contributed by atoms with Crippen molar-refractivity contribution in [2.45, 2.75) is 46.1 Å². The van der Waals surface area contributed by atoms with Crippen LogP contribution in [0, 0.1) is 0 Å². The Bertz CT molecular complexity index is 642. The van der Waals surface area contributed by atoms with Crippen molar-refractivity contribution in [2.75, 3.05) is 18.1 Å². The summed E-state index contributed by atoms with van der Waals surface area (Å²) in [6, 6.07) is 4.27. The summed E-state index contributed by atoms with van der Waals surface area (Å²) in [5.74, 6) is -0.0994. The average Bonchev–Trinajstić information content (AvgIpc) is 2.57. The van der Waals surface area contributed by atoms with Crippen LogP contribution in [0.1, 0.15) is 50.4 Å². The smallest absolute Gasteiger partial charge is 0.265 e. The van der Waals surface area contributed by atoms with E-state index in [0.29, 0.717) is 23.5 Å². The number of fused-ring (bicyclic) bond motifs is 1. The minimum atomic E-state index is -0.663. The molecule has 1 aromatic carbocycles. The first-order valence-electron chi connectivity index (χ1n) is 8.33. The number of hydrogen-bond acceptors (Lipinski definition) is 4. The summed E-state index contributed by atoms with van der Waals surface area (Å²) in [7, 11) is 0. The Balaban J connectivity index is 2.20. The normalized spacial score (nSPS) is 14.6. The Labute approximate surface area is 142 Å². The zero-order chi connectivity index (χ0) is 17.7. The molecule has 0 aromatic heterocycles. The lowest BCUT2D eigenvalue weighted by Gasteiger charge is -2.33. The number of ether oxygens (including phenoxy) is 1. The quantitative estimate of drug-likeness (QED) is 0.614. The van der Waals surface area contributed by atoms with Gasteiger partial charge in [-0.05, 0) is 38.5 Å². The largest absolute Gasteiger partial charge is 0.482 e. The molecule has 24 heavy (non-hydrogen) atoms. The van der Waals surface area contributed by atoms with Gasteiger partial charge in [-0.3, -0.25) is 19.3 Å². The second kappa shape index (κ2) is 7.95. The van der Waals surface area contributed by atoms with Crippen LogP contribution in [0.25, 0.3) is 0 Å². The van der Waals surface area contributed by atoms with Crippen molar-refractivity contribution in [1.82, 2.24) is 5.32 Å². The maximum absolute atomic E-state index is 12.4. The van der Waals surface area contributed by atoms with Crippen LogP contribution in [0.3, 0.4) is 0 Å². The number of anilines is 1. The Kier molecular flexibility index (Phi) is 5.95. The average molecular weight is 332 g/mol. The van der Waals surface area contributed by atoms with Gasteiger partial charge in [0.15, 0.2) is 12.4 Å². The van der Waals surface area contributed by atoms with E-state index in [0.717, 1.165) is 19.3 Å². The zero-order valence-electron chi connectivity index (χ0n) is 14.4. The van der Waals surface area contributed by atoms with Crippen molar-refractivity contribution in [3.05, 3.63) is 23.8 Å². The number of benzene rings is 1. The first kappa shape index (κ1) is 18.0. The number of Topliss-reactive ketones (excluding diaryl/α,β-unsaturated/α-hetero) is 1. The fraction of sp³-hybridized carbons (Fsp3) is 0.500. The zero-order valence-corrected chi connectivity index (χ0v) is 14.4. The summed E-state index contributed by atoms with van der Waals surface area (Å²) >= 11 is 0. The third kappa shape index (κ3) is 3.93. The summed E-state index contributed by atoms with van der Waals surface area (Å²) in [5, 5.41) is 2.86. The molecule has 0 bridgehead atoms. The molecule has 0 aliphatic carbocycles. The summed E-state index contributed by atoms with van der Waals surface area (Å²) in [6.45, 7) is 5.72. The van der Waals surface area contributed by atoms with Gasteiger partial charge in [-0.1, -0.05) is 19.8 Å². The molecular formula is C18H24N2O4. The van der Waals surface area contributed by atoms with Crippen molar-refractivity contribution in [3.63, 3.8) is 0 Å². The number of nitrogens with one attached hydrogen (secondary N) is 1. The second-order valence-corrected chi connectivity index (χ2v) is 5.97. The van der Waals surface area contributed by atoms with Gasteiger partial charge in [0.25, 0.3) is 5.91 Å². The molecule has 0 fully saturated rings. The lowest BCUT2D eigenvalue weighted by atomic mass is 10.1. The Morgan fingerprint density at radius 1 is 1.33 bits per heavy atom. The fourth-order valence-corrected chi connectivity index (χ4v) is 2.67. The van der Waals surface area contributed by atoms with Gasteiger partial charge in [0, 0.05) is 12.1 Å². The van der Waals surface area contributed by atoms with E-state index < -0.39 is 6.04 Å². The highest BCUT2D eigenvalue weighted by Gasteiger charge is 2.33. The van der Waals surface area contributed by atoms with Gasteiger partial charge in [0.2, 0.25) is 5.91 Å². The molecule has 1 heterocycles. The Hall–Kier alpha value is -2.37. The van der Waals surface area contributed by atoms with Crippen LogP contribution < -0.4 is 15.0 Å². The van der Waals surface area contributed by atoms with E-state index in [1.807, 2.05) is 0 Å². The van der Waals surface area contributed by atoms with Gasteiger partial charge in [-0.15, -0.1) is 0 Å². The van der Waals surface area contributed by atoms with Crippen LogP contribution in [0.5, 0.6) is 5.75 Å². The van der Waals surface area contributed by atoms with E-state index in [2.05, 4.69) is 12.2 Å². The highest BCUT2D eigenvalue weighted by Crippen LogP contribution is 2.34. The highest BCUT2D eigenvalue weighted by atomic mass is 16.5. The lowest BCUT2D eigenvalue weighted by molar-refractivity contribution is -0.127. The molecule has 130 valence electrons. The van der Waals surface area contributed by atoms with Crippen molar-refractivity contribution in [3.8, 4) is 5.75 Å². The van der Waals surface area contributed by atoms with Crippen LogP contribution in [0.4, 0.5) is 5.69 Å². The maximum Gasteiger partial charge on any atom is 0.265 e. The van der Waals surface area contributed by atoms with Gasteiger partial charge in [-0.2, -0.15) is 0 Å². The number of nitrogens with zero attached hydrogens (tertiary/aromatic N) is 1. The molecule has 0 saturated heterocycles. The minimum Gasteiger partial charge on any atom is -0.482 e. The fourth-order valence-electron chi connectivity index (χ4n) is 2.67. The number of unbranched alkanes of at least 4 members (excludes halogenated alkanes) is 2. The van der Waals surface area contributed by atoms with Gasteiger partial charge in [-0.25, -0.2) is 0 Å². The Morgan fingerprint density at radius 3 is 2.75 bits per heavy atom. The molecule has 2 amide bonds. The molecule has 6 heteroatoms. The van der Waals surface area contributed by atoms with Crippen LogP contribution in [-0.2, 0) is 9.59 Å². The third-order valence-electron chi connectivity index (χ3n) is 4.09. The number of amides is 2. The summed E-state index contributed by atoms with van der Waals surface area (Å²) < 4.78 is 5.41. The molecule has 1 aliphatic heterocycles. The molecule has 1 aliphatic rings. The van der Waals surface area contributed by atoms with Crippen molar-refractivity contribution >= 4 is 23.3 Å². The monoisotopic (exact) mass is 332 g/mol. The van der Waals surface area contributed by atoms with Crippen molar-refractivity contribution in [1.29, 1.82) is 0 Å². The standard InChI is InChI=1S/C18H24N2O4/c1-4-5-6-9-19-18(23)12(2)20-15-10-14(13(3)21)7-8-16(15)24-11-17(20)22/h7-8,10,12H,4-6,9,11H2,1-3H3,(H,19,23). The predicted octanol–water partition coefficient (Wildman–Crippen LogP) is 2.31. The second-order valence-electron chi connectivity index (χ2n) is 5.97. The number of carbonyl (C=O) groups excluding carboxylic acids is 3. The molecule has 1 atom stereocenters. The van der Waals surface area contributed by atoms with Gasteiger partial charge < -0.3 is 10.1 Å². The molecule has 2 rings (SSSR count). The van der Waals surface area contributed by atoms with E-state index in [4.69, 9.17) is 4.74 Å². The molecule has 1 unspecified atom stereocenters. The first-order valence-corrected chi connectivity index (χ1v) is 8.33. The summed E-state index contributed by atoms with van der Waals surface area (Å²) in [4.78, 5) is 37.7. The Morgan fingerprint density at radius 2 is 2.08 bits per heavy atom. The van der Waals surface area contributed by atoms with E-state index in [9.17, 15) is 14.4 Å². The SMILES string of the molecule is CCCCCNC(=O)C(C)N1C(=O)COc2ccc(C(C)=O)cc21. The number of carbonyl (C=O) groups is 3. The number of ketones is 1. The number of rotatable bonds is 7. The first-order chi connectivity index (χ1) is 11.5. The summed E-state index contributed by atoms with van der Waals surface area (Å²) in [5.41, 5.74) is 0.947. The topological polar surface area (TPSA) is 75.7 Å². The van der Waals surface area contributed by atoms with Crippen LogP contribution in [0.15, 0.2) is 18.2 Å². The van der Waals surface area contributed by atoms with Crippen LogP contribution >= 0.6 is 0 Å². The van der Waals surface area contributed by atoms with Gasteiger partial charge in [0.05, 0.1) is 5.69 Å². The van der Waals surface area contributed by atoms with Crippen LogP contribution in [0.2, 0.25) is 0 Å². The molecule has 0 saturated carbocycles. The van der Waals surface area contributed by atoms with Gasteiger partial charge >= 0.3 is 0 Å². The van der Waals surface area contributed by atoms with E-state index in [1.165, 1.54) is 11.8 Å². The van der Waals surface area contributed by atoms with Crippen LogP contribution in [-0.4, -0.2) is 36.8 Å². The molecule has 0 spiro atoms.